The van der Waals surface area contributed by atoms with Crippen molar-refractivity contribution in [2.45, 2.75) is 6.10 Å². The van der Waals surface area contributed by atoms with Crippen molar-refractivity contribution >= 4 is 11.0 Å². The highest BCUT2D eigenvalue weighted by Crippen LogP contribution is 2.25. The van der Waals surface area contributed by atoms with Gasteiger partial charge in [-0.25, -0.2) is 0 Å². The molecule has 18 heavy (non-hydrogen) atoms. The van der Waals surface area contributed by atoms with E-state index in [1.54, 1.807) is 29.3 Å². The zero-order valence-electron chi connectivity index (χ0n) is 9.85. The Kier molecular flexibility index (Phi) is 2.53. The average molecular weight is 240 g/mol. The molecule has 0 amide bonds. The monoisotopic (exact) mass is 240 g/mol. The first-order valence-corrected chi connectivity index (χ1v) is 5.63. The maximum Gasteiger partial charge on any atom is 0.125 e. The number of hydrogen-bond acceptors (Lipinski definition) is 4. The zero-order chi connectivity index (χ0) is 12.5. The molecule has 0 aliphatic rings. The van der Waals surface area contributed by atoms with Crippen LogP contribution in [0.5, 0.6) is 0 Å². The fraction of sp³-hybridized carbons (Fsp3) is 0.154. The van der Waals surface area contributed by atoms with Crippen LogP contribution < -0.4 is 0 Å². The largest absolute Gasteiger partial charge is 0.382 e. The SMILES string of the molecule is Cn1ccc(C(O)c2cccc3nccnc23)n1. The first-order chi connectivity index (χ1) is 8.75. The molecule has 0 fully saturated rings. The van der Waals surface area contributed by atoms with Crippen LogP contribution in [0.2, 0.25) is 0 Å². The summed E-state index contributed by atoms with van der Waals surface area (Å²) in [4.78, 5) is 8.50. The molecule has 1 aromatic carbocycles. The molecule has 0 aliphatic carbocycles. The smallest absolute Gasteiger partial charge is 0.125 e. The summed E-state index contributed by atoms with van der Waals surface area (Å²) in [6.07, 6.45) is 4.28. The van der Waals surface area contributed by atoms with Gasteiger partial charge in [-0.3, -0.25) is 14.6 Å². The molecule has 1 atom stereocenters. The summed E-state index contributed by atoms with van der Waals surface area (Å²) in [5, 5.41) is 14.6. The molecule has 3 aromatic rings. The van der Waals surface area contributed by atoms with E-state index in [9.17, 15) is 5.11 Å². The first-order valence-electron chi connectivity index (χ1n) is 5.63. The Labute approximate surface area is 104 Å². The van der Waals surface area contributed by atoms with Gasteiger partial charge in [0.05, 0.1) is 16.7 Å². The summed E-state index contributed by atoms with van der Waals surface area (Å²) in [6, 6.07) is 7.37. The molecule has 0 aliphatic heterocycles. The molecule has 1 unspecified atom stereocenters. The summed E-state index contributed by atoms with van der Waals surface area (Å²) in [5.41, 5.74) is 2.80. The fourth-order valence-electron chi connectivity index (χ4n) is 1.97. The van der Waals surface area contributed by atoms with Gasteiger partial charge in [-0.15, -0.1) is 0 Å². The molecule has 1 N–H and O–H groups in total. The Morgan fingerprint density at radius 3 is 2.78 bits per heavy atom. The van der Waals surface area contributed by atoms with Gasteiger partial charge in [-0.2, -0.15) is 5.10 Å². The number of aromatic nitrogens is 4. The Bertz CT molecular complexity index is 687. The molecule has 90 valence electrons. The van der Waals surface area contributed by atoms with Gasteiger partial charge in [0.15, 0.2) is 0 Å². The van der Waals surface area contributed by atoms with Crippen LogP contribution in [0.25, 0.3) is 11.0 Å². The van der Waals surface area contributed by atoms with Crippen molar-refractivity contribution in [2.24, 2.45) is 7.05 Å². The molecular formula is C13H12N4O. The third kappa shape index (κ3) is 1.74. The predicted molar refractivity (Wildman–Crippen MR) is 66.8 cm³/mol. The molecule has 2 aromatic heterocycles. The molecule has 5 heteroatoms. The average Bonchev–Trinajstić information content (AvgIpc) is 2.84. The van der Waals surface area contributed by atoms with Gasteiger partial charge < -0.3 is 5.11 Å². The van der Waals surface area contributed by atoms with Gasteiger partial charge in [0, 0.05) is 31.2 Å². The molecule has 2 heterocycles. The molecule has 0 radical (unpaired) electrons. The minimum absolute atomic E-state index is 0.607. The van der Waals surface area contributed by atoms with E-state index in [2.05, 4.69) is 15.1 Å². The van der Waals surface area contributed by atoms with E-state index < -0.39 is 6.10 Å². The van der Waals surface area contributed by atoms with Crippen molar-refractivity contribution in [3.8, 4) is 0 Å². The summed E-state index contributed by atoms with van der Waals surface area (Å²) >= 11 is 0. The van der Waals surface area contributed by atoms with Crippen LogP contribution in [-0.4, -0.2) is 24.9 Å². The normalized spacial score (nSPS) is 12.8. The molecule has 0 saturated carbocycles. The molecule has 0 bridgehead atoms. The Morgan fingerprint density at radius 2 is 2.00 bits per heavy atom. The molecular weight excluding hydrogens is 228 g/mol. The molecule has 5 nitrogen and oxygen atoms in total. The number of rotatable bonds is 2. The first kappa shape index (κ1) is 10.9. The molecule has 0 saturated heterocycles. The second-order valence-corrected chi connectivity index (χ2v) is 4.09. The quantitative estimate of drug-likeness (QED) is 0.736. The Morgan fingerprint density at radius 1 is 1.17 bits per heavy atom. The predicted octanol–water partition coefficient (Wildman–Crippen LogP) is 1.44. The van der Waals surface area contributed by atoms with E-state index >= 15 is 0 Å². The van der Waals surface area contributed by atoms with Gasteiger partial charge in [0.25, 0.3) is 0 Å². The van der Waals surface area contributed by atoms with Gasteiger partial charge in [-0.05, 0) is 12.1 Å². The number of hydrogen-bond donors (Lipinski definition) is 1. The number of nitrogens with zero attached hydrogens (tertiary/aromatic N) is 4. The number of aliphatic hydroxyl groups excluding tert-OH is 1. The van der Waals surface area contributed by atoms with E-state index in [4.69, 9.17) is 0 Å². The Hall–Kier alpha value is -2.27. The maximum atomic E-state index is 10.4. The third-order valence-corrected chi connectivity index (χ3v) is 2.84. The van der Waals surface area contributed by atoms with Crippen molar-refractivity contribution in [3.63, 3.8) is 0 Å². The van der Waals surface area contributed by atoms with Crippen molar-refractivity contribution in [1.82, 2.24) is 19.7 Å². The van der Waals surface area contributed by atoms with Crippen LogP contribution >= 0.6 is 0 Å². The van der Waals surface area contributed by atoms with Crippen molar-refractivity contribution in [2.75, 3.05) is 0 Å². The second-order valence-electron chi connectivity index (χ2n) is 4.09. The summed E-state index contributed by atoms with van der Waals surface area (Å²) in [7, 11) is 1.82. The molecule has 0 spiro atoms. The Balaban J connectivity index is 2.14. The zero-order valence-corrected chi connectivity index (χ0v) is 9.85. The topological polar surface area (TPSA) is 63.8 Å². The van der Waals surface area contributed by atoms with E-state index in [-0.39, 0.29) is 0 Å². The lowest BCUT2D eigenvalue weighted by Gasteiger charge is -2.10. The molecule has 3 rings (SSSR count). The fourth-order valence-corrected chi connectivity index (χ4v) is 1.97. The lowest BCUT2D eigenvalue weighted by atomic mass is 10.0. The summed E-state index contributed by atoms with van der Waals surface area (Å²) < 4.78 is 1.66. The van der Waals surface area contributed by atoms with Crippen LogP contribution in [-0.2, 0) is 7.05 Å². The van der Waals surface area contributed by atoms with Gasteiger partial charge >= 0.3 is 0 Å². The van der Waals surface area contributed by atoms with Crippen LogP contribution in [0, 0.1) is 0 Å². The highest BCUT2D eigenvalue weighted by molar-refractivity contribution is 5.78. The standard InChI is InChI=1S/C13H12N4O/c1-17-8-5-11(16-17)13(18)9-3-2-4-10-12(9)15-7-6-14-10/h2-8,13,18H,1H3. The van der Waals surface area contributed by atoms with E-state index in [1.807, 2.05) is 25.2 Å². The maximum absolute atomic E-state index is 10.4. The summed E-state index contributed by atoms with van der Waals surface area (Å²) in [5.74, 6) is 0. The van der Waals surface area contributed by atoms with Crippen molar-refractivity contribution in [1.29, 1.82) is 0 Å². The highest BCUT2D eigenvalue weighted by Gasteiger charge is 2.16. The van der Waals surface area contributed by atoms with E-state index in [1.165, 1.54) is 0 Å². The number of aryl methyl sites for hydroxylation is 1. The second kappa shape index (κ2) is 4.19. The van der Waals surface area contributed by atoms with E-state index in [0.717, 1.165) is 11.1 Å². The lowest BCUT2D eigenvalue weighted by Crippen LogP contribution is -2.03. The minimum Gasteiger partial charge on any atom is -0.382 e. The van der Waals surface area contributed by atoms with Crippen molar-refractivity contribution < 1.29 is 5.11 Å². The van der Waals surface area contributed by atoms with Crippen LogP contribution in [0.15, 0.2) is 42.9 Å². The number of benzene rings is 1. The van der Waals surface area contributed by atoms with Crippen LogP contribution in [0.1, 0.15) is 17.4 Å². The van der Waals surface area contributed by atoms with Crippen molar-refractivity contribution in [3.05, 3.63) is 54.1 Å². The van der Waals surface area contributed by atoms with Gasteiger partial charge in [0.1, 0.15) is 6.10 Å². The minimum atomic E-state index is -0.786. The third-order valence-electron chi connectivity index (χ3n) is 2.84. The lowest BCUT2D eigenvalue weighted by molar-refractivity contribution is 0.215. The number of aliphatic hydroxyl groups is 1. The van der Waals surface area contributed by atoms with Crippen LogP contribution in [0.3, 0.4) is 0 Å². The van der Waals surface area contributed by atoms with Gasteiger partial charge in [-0.1, -0.05) is 12.1 Å². The number of fused-ring (bicyclic) bond motifs is 1. The van der Waals surface area contributed by atoms with E-state index in [0.29, 0.717) is 11.2 Å². The number of para-hydroxylation sites is 1. The highest BCUT2D eigenvalue weighted by atomic mass is 16.3. The van der Waals surface area contributed by atoms with Gasteiger partial charge in [0.2, 0.25) is 0 Å². The van der Waals surface area contributed by atoms with Crippen LogP contribution in [0.4, 0.5) is 0 Å². The summed E-state index contributed by atoms with van der Waals surface area (Å²) in [6.45, 7) is 0.